The van der Waals surface area contributed by atoms with Crippen LogP contribution in [-0.4, -0.2) is 29.7 Å². The highest BCUT2D eigenvalue weighted by molar-refractivity contribution is 7.17. The molecule has 1 aromatic rings. The average molecular weight is 242 g/mol. The fourth-order valence-corrected chi connectivity index (χ4v) is 2.51. The molecule has 1 N–H and O–H groups in total. The van der Waals surface area contributed by atoms with Gasteiger partial charge >= 0.3 is 5.97 Å². The Balaban J connectivity index is 3.06. The summed E-state index contributed by atoms with van der Waals surface area (Å²) in [6.45, 7) is 6.91. The van der Waals surface area contributed by atoms with Crippen molar-refractivity contribution >= 4 is 22.4 Å². The van der Waals surface area contributed by atoms with Crippen molar-refractivity contribution in [3.05, 3.63) is 10.6 Å². The van der Waals surface area contributed by atoms with Crippen LogP contribution in [-0.2, 0) is 0 Å². The van der Waals surface area contributed by atoms with Gasteiger partial charge in [0.05, 0.1) is 5.69 Å². The number of carboxylic acid groups (broad SMARTS) is 1. The van der Waals surface area contributed by atoms with Gasteiger partial charge < -0.3 is 10.0 Å². The highest BCUT2D eigenvalue weighted by Crippen LogP contribution is 2.30. The number of hydrogen-bond acceptors (Lipinski definition) is 4. The van der Waals surface area contributed by atoms with Crippen LogP contribution in [0, 0.1) is 0 Å². The summed E-state index contributed by atoms with van der Waals surface area (Å²) in [4.78, 5) is 17.9. The standard InChI is InChI=1S/C11H18N2O2S/c1-5-6-13(4)11-12-8(7(2)3)9(16-11)10(14)15/h7H,5-6H2,1-4H3,(H,14,15). The molecule has 0 amide bonds. The van der Waals surface area contributed by atoms with Crippen LogP contribution in [0.4, 0.5) is 5.13 Å². The first-order chi connectivity index (χ1) is 7.47. The number of carboxylic acids is 1. The molecule has 0 fully saturated rings. The van der Waals surface area contributed by atoms with E-state index in [4.69, 9.17) is 5.11 Å². The molecule has 0 bridgehead atoms. The third kappa shape index (κ3) is 2.72. The molecule has 0 spiro atoms. The summed E-state index contributed by atoms with van der Waals surface area (Å²) in [5.74, 6) is -0.733. The highest BCUT2D eigenvalue weighted by Gasteiger charge is 2.20. The second-order valence-electron chi connectivity index (χ2n) is 4.09. The second-order valence-corrected chi connectivity index (χ2v) is 5.07. The molecule has 1 aromatic heterocycles. The van der Waals surface area contributed by atoms with E-state index in [9.17, 15) is 4.79 Å². The lowest BCUT2D eigenvalue weighted by atomic mass is 10.1. The predicted octanol–water partition coefficient (Wildman–Crippen LogP) is 2.81. The summed E-state index contributed by atoms with van der Waals surface area (Å²) in [5.41, 5.74) is 0.690. The minimum absolute atomic E-state index is 0.145. The number of aromatic carboxylic acids is 1. The summed E-state index contributed by atoms with van der Waals surface area (Å²) in [5, 5.41) is 9.89. The van der Waals surface area contributed by atoms with Crippen LogP contribution in [0.1, 0.15) is 48.5 Å². The average Bonchev–Trinajstić information content (AvgIpc) is 2.62. The van der Waals surface area contributed by atoms with Gasteiger partial charge in [-0.3, -0.25) is 0 Å². The Morgan fingerprint density at radius 1 is 1.56 bits per heavy atom. The van der Waals surface area contributed by atoms with E-state index < -0.39 is 5.97 Å². The van der Waals surface area contributed by atoms with E-state index in [1.807, 2.05) is 25.8 Å². The maximum atomic E-state index is 11.1. The third-order valence-electron chi connectivity index (χ3n) is 2.27. The quantitative estimate of drug-likeness (QED) is 0.862. The zero-order chi connectivity index (χ0) is 12.3. The van der Waals surface area contributed by atoms with Gasteiger partial charge in [-0.2, -0.15) is 0 Å². The Kier molecular flexibility index (Phi) is 4.29. The van der Waals surface area contributed by atoms with Crippen molar-refractivity contribution < 1.29 is 9.90 Å². The van der Waals surface area contributed by atoms with Gasteiger partial charge in [0, 0.05) is 13.6 Å². The molecule has 0 unspecified atom stereocenters. The van der Waals surface area contributed by atoms with Crippen molar-refractivity contribution in [2.24, 2.45) is 0 Å². The smallest absolute Gasteiger partial charge is 0.347 e. The van der Waals surface area contributed by atoms with E-state index in [0.717, 1.165) is 18.1 Å². The van der Waals surface area contributed by atoms with Crippen LogP contribution in [0.2, 0.25) is 0 Å². The number of carbonyl (C=O) groups is 1. The molecule has 0 aliphatic carbocycles. The summed E-state index contributed by atoms with van der Waals surface area (Å²) < 4.78 is 0. The highest BCUT2D eigenvalue weighted by atomic mass is 32.1. The maximum Gasteiger partial charge on any atom is 0.347 e. The van der Waals surface area contributed by atoms with E-state index in [0.29, 0.717) is 10.6 Å². The second kappa shape index (κ2) is 5.30. The number of anilines is 1. The van der Waals surface area contributed by atoms with Crippen LogP contribution in [0.25, 0.3) is 0 Å². The molecule has 0 aliphatic heterocycles. The first-order valence-electron chi connectivity index (χ1n) is 5.42. The maximum absolute atomic E-state index is 11.1. The van der Waals surface area contributed by atoms with Crippen molar-refractivity contribution in [2.75, 3.05) is 18.5 Å². The van der Waals surface area contributed by atoms with Crippen LogP contribution in [0.3, 0.4) is 0 Å². The van der Waals surface area contributed by atoms with Gasteiger partial charge in [0.2, 0.25) is 0 Å². The van der Waals surface area contributed by atoms with Gasteiger partial charge in [-0.25, -0.2) is 9.78 Å². The number of nitrogens with zero attached hydrogens (tertiary/aromatic N) is 2. The van der Waals surface area contributed by atoms with Gasteiger partial charge in [0.25, 0.3) is 0 Å². The lowest BCUT2D eigenvalue weighted by Gasteiger charge is -2.13. The Labute approximate surface area is 99.9 Å². The van der Waals surface area contributed by atoms with Crippen molar-refractivity contribution in [3.63, 3.8) is 0 Å². The van der Waals surface area contributed by atoms with Crippen LogP contribution >= 0.6 is 11.3 Å². The molecule has 0 aromatic carbocycles. The number of hydrogen-bond donors (Lipinski definition) is 1. The van der Waals surface area contributed by atoms with E-state index in [-0.39, 0.29) is 5.92 Å². The molecule has 5 heteroatoms. The molecule has 1 rings (SSSR count). The molecular formula is C11H18N2O2S. The van der Waals surface area contributed by atoms with Crippen LogP contribution in [0.5, 0.6) is 0 Å². The summed E-state index contributed by atoms with van der Waals surface area (Å²) >= 11 is 1.26. The van der Waals surface area contributed by atoms with Crippen LogP contribution < -0.4 is 4.90 Å². The molecule has 0 saturated carbocycles. The molecule has 0 atom stereocenters. The van der Waals surface area contributed by atoms with Crippen molar-refractivity contribution in [3.8, 4) is 0 Å². The zero-order valence-corrected chi connectivity index (χ0v) is 11.0. The summed E-state index contributed by atoms with van der Waals surface area (Å²) in [6.07, 6.45) is 1.02. The molecule has 16 heavy (non-hydrogen) atoms. The van der Waals surface area contributed by atoms with Crippen molar-refractivity contribution in [1.82, 2.24) is 4.98 Å². The normalized spacial score (nSPS) is 10.8. The lowest BCUT2D eigenvalue weighted by molar-refractivity contribution is 0.0700. The monoisotopic (exact) mass is 242 g/mol. The van der Waals surface area contributed by atoms with Crippen molar-refractivity contribution in [1.29, 1.82) is 0 Å². The first-order valence-corrected chi connectivity index (χ1v) is 6.24. The van der Waals surface area contributed by atoms with E-state index >= 15 is 0 Å². The van der Waals surface area contributed by atoms with Gasteiger partial charge in [-0.05, 0) is 12.3 Å². The fraction of sp³-hybridized carbons (Fsp3) is 0.636. The van der Waals surface area contributed by atoms with E-state index in [2.05, 4.69) is 11.9 Å². The third-order valence-corrected chi connectivity index (χ3v) is 3.44. The lowest BCUT2D eigenvalue weighted by Crippen LogP contribution is -2.17. The number of thiazole rings is 1. The molecule has 90 valence electrons. The van der Waals surface area contributed by atoms with Gasteiger partial charge in [-0.1, -0.05) is 32.1 Å². The topological polar surface area (TPSA) is 53.4 Å². The molecule has 0 radical (unpaired) electrons. The molecule has 1 heterocycles. The molecule has 0 saturated heterocycles. The molecular weight excluding hydrogens is 224 g/mol. The fourth-order valence-electron chi connectivity index (χ4n) is 1.46. The van der Waals surface area contributed by atoms with Gasteiger partial charge in [0.1, 0.15) is 4.88 Å². The largest absolute Gasteiger partial charge is 0.477 e. The Morgan fingerprint density at radius 3 is 2.56 bits per heavy atom. The van der Waals surface area contributed by atoms with Crippen molar-refractivity contribution in [2.45, 2.75) is 33.1 Å². The SMILES string of the molecule is CCCN(C)c1nc(C(C)C)c(C(=O)O)s1. The van der Waals surface area contributed by atoms with E-state index in [1.165, 1.54) is 11.3 Å². The van der Waals surface area contributed by atoms with Crippen LogP contribution in [0.15, 0.2) is 0 Å². The Bertz CT molecular complexity index is 374. The summed E-state index contributed by atoms with van der Waals surface area (Å²) in [6, 6.07) is 0. The summed E-state index contributed by atoms with van der Waals surface area (Å²) in [7, 11) is 1.94. The Hall–Kier alpha value is -1.10. The minimum Gasteiger partial charge on any atom is -0.477 e. The number of rotatable bonds is 5. The first kappa shape index (κ1) is 13.0. The van der Waals surface area contributed by atoms with E-state index in [1.54, 1.807) is 0 Å². The Morgan fingerprint density at radius 2 is 2.19 bits per heavy atom. The van der Waals surface area contributed by atoms with Gasteiger partial charge in [0.15, 0.2) is 5.13 Å². The molecule has 4 nitrogen and oxygen atoms in total. The zero-order valence-electron chi connectivity index (χ0n) is 10.1. The number of aromatic nitrogens is 1. The molecule has 0 aliphatic rings. The predicted molar refractivity (Wildman–Crippen MR) is 66.7 cm³/mol. The minimum atomic E-state index is -0.877. The van der Waals surface area contributed by atoms with Gasteiger partial charge in [-0.15, -0.1) is 0 Å².